The van der Waals surface area contributed by atoms with E-state index in [1.54, 1.807) is 0 Å². The first-order valence-electron chi connectivity index (χ1n) is 15.7. The molecule has 0 spiro atoms. The zero-order chi connectivity index (χ0) is 30.5. The molecule has 9 rings (SSSR count). The third-order valence-corrected chi connectivity index (χ3v) is 9.03. The number of hydrogen-bond donors (Lipinski definition) is 0. The Morgan fingerprint density at radius 3 is 1.93 bits per heavy atom. The van der Waals surface area contributed by atoms with Crippen LogP contribution in [0.2, 0.25) is 0 Å². The van der Waals surface area contributed by atoms with E-state index in [0.29, 0.717) is 0 Å². The van der Waals surface area contributed by atoms with E-state index >= 15 is 0 Å². The fourth-order valence-corrected chi connectivity index (χ4v) is 6.84. The lowest BCUT2D eigenvalue weighted by Crippen LogP contribution is -2.10. The molecule has 8 aromatic carbocycles. The highest BCUT2D eigenvalue weighted by Crippen LogP contribution is 2.43. The molecular weight excluding hydrogens is 558 g/mol. The first kappa shape index (κ1) is 26.3. The molecule has 0 saturated heterocycles. The lowest BCUT2D eigenvalue weighted by atomic mass is 9.94. The molecule has 0 saturated carbocycles. The van der Waals surface area contributed by atoms with Crippen molar-refractivity contribution in [3.8, 4) is 22.5 Å². The molecule has 0 bridgehead atoms. The van der Waals surface area contributed by atoms with Crippen molar-refractivity contribution >= 4 is 60.3 Å². The van der Waals surface area contributed by atoms with E-state index in [-0.39, 0.29) is 0 Å². The first-order chi connectivity index (χ1) is 22.8. The minimum Gasteiger partial charge on any atom is -0.456 e. The Hall–Kier alpha value is -6.12. The maximum absolute atomic E-state index is 6.23. The van der Waals surface area contributed by atoms with Gasteiger partial charge in [0.05, 0.1) is 5.69 Å². The van der Waals surface area contributed by atoms with Gasteiger partial charge in [-0.15, -0.1) is 0 Å². The second kappa shape index (κ2) is 10.8. The monoisotopic (exact) mass is 587 g/mol. The highest BCUT2D eigenvalue weighted by atomic mass is 16.3. The maximum Gasteiger partial charge on any atom is 0.135 e. The normalized spacial score (nSPS) is 11.5. The highest BCUT2D eigenvalue weighted by Gasteiger charge is 2.18. The summed E-state index contributed by atoms with van der Waals surface area (Å²) in [4.78, 5) is 2.38. The fraction of sp³-hybridized carbons (Fsp3) is 0. The number of benzene rings is 8. The van der Waals surface area contributed by atoms with Gasteiger partial charge in [-0.05, 0) is 86.6 Å². The average molecular weight is 588 g/mol. The minimum atomic E-state index is 0.878. The van der Waals surface area contributed by atoms with Crippen molar-refractivity contribution in [2.45, 2.75) is 0 Å². The largest absolute Gasteiger partial charge is 0.456 e. The molecular formula is C44H29NO. The second-order valence-corrected chi connectivity index (χ2v) is 11.8. The highest BCUT2D eigenvalue weighted by molar-refractivity contribution is 6.10. The van der Waals surface area contributed by atoms with Gasteiger partial charge in [-0.25, -0.2) is 0 Å². The van der Waals surface area contributed by atoms with Gasteiger partial charge in [0.2, 0.25) is 0 Å². The molecule has 2 nitrogen and oxygen atoms in total. The smallest absolute Gasteiger partial charge is 0.135 e. The third-order valence-electron chi connectivity index (χ3n) is 9.03. The van der Waals surface area contributed by atoms with Crippen LogP contribution in [0.1, 0.15) is 0 Å². The summed E-state index contributed by atoms with van der Waals surface area (Å²) in [5.41, 5.74) is 7.70. The molecule has 46 heavy (non-hydrogen) atoms. The van der Waals surface area contributed by atoms with E-state index in [2.05, 4.69) is 163 Å². The summed E-state index contributed by atoms with van der Waals surface area (Å²) in [5.74, 6) is 0.878. The summed E-state index contributed by atoms with van der Waals surface area (Å²) in [6.45, 7) is 0. The molecule has 0 unspecified atom stereocenters. The van der Waals surface area contributed by atoms with E-state index in [9.17, 15) is 0 Å². The van der Waals surface area contributed by atoms with Crippen LogP contribution in [-0.2, 0) is 0 Å². The Kier molecular flexibility index (Phi) is 6.17. The second-order valence-electron chi connectivity index (χ2n) is 11.8. The van der Waals surface area contributed by atoms with Crippen molar-refractivity contribution in [3.63, 3.8) is 0 Å². The zero-order valence-corrected chi connectivity index (χ0v) is 25.1. The summed E-state index contributed by atoms with van der Waals surface area (Å²) in [6.07, 6.45) is 0. The van der Waals surface area contributed by atoms with Crippen LogP contribution in [0.5, 0.6) is 0 Å². The van der Waals surface area contributed by atoms with Crippen molar-refractivity contribution in [3.05, 3.63) is 176 Å². The standard InChI is InChI=1S/C44H29NO/c1-2-15-35(16-3-1)45(36-23-24-38-32(28-36)22-21-30-11-4-6-17-37(30)38)42-26-25-39(40-18-7-8-19-41(40)42)31-13-10-14-33(27-31)44-29-34-12-5-9-20-43(34)46-44/h1-29H. The Morgan fingerprint density at radius 1 is 0.370 bits per heavy atom. The van der Waals surface area contributed by atoms with Crippen LogP contribution in [0, 0.1) is 0 Å². The van der Waals surface area contributed by atoms with Crippen molar-refractivity contribution in [1.82, 2.24) is 0 Å². The maximum atomic E-state index is 6.23. The van der Waals surface area contributed by atoms with Gasteiger partial charge in [-0.1, -0.05) is 127 Å². The van der Waals surface area contributed by atoms with Gasteiger partial charge in [-0.2, -0.15) is 0 Å². The molecule has 0 aliphatic heterocycles. The van der Waals surface area contributed by atoms with E-state index < -0.39 is 0 Å². The first-order valence-corrected chi connectivity index (χ1v) is 15.7. The quantitative estimate of drug-likeness (QED) is 0.186. The van der Waals surface area contributed by atoms with Gasteiger partial charge in [0.25, 0.3) is 0 Å². The SMILES string of the molecule is c1ccc(N(c2ccc3c(ccc4ccccc43)c2)c2ccc(-c3cccc(-c4cc5ccccc5o4)c3)c3ccccc23)cc1. The summed E-state index contributed by atoms with van der Waals surface area (Å²) in [6, 6.07) is 62.8. The number of rotatable bonds is 5. The number of furan rings is 1. The molecule has 1 heterocycles. The lowest BCUT2D eigenvalue weighted by Gasteiger charge is -2.28. The van der Waals surface area contributed by atoms with Gasteiger partial charge < -0.3 is 9.32 Å². The van der Waals surface area contributed by atoms with E-state index in [1.807, 2.05) is 18.2 Å². The fourth-order valence-electron chi connectivity index (χ4n) is 6.84. The Labute approximate surface area is 267 Å². The van der Waals surface area contributed by atoms with Crippen LogP contribution in [0.25, 0.3) is 65.7 Å². The van der Waals surface area contributed by atoms with Gasteiger partial charge in [0, 0.05) is 27.7 Å². The predicted octanol–water partition coefficient (Wildman–Crippen LogP) is 12.7. The molecule has 0 aliphatic rings. The van der Waals surface area contributed by atoms with Crippen molar-refractivity contribution in [2.24, 2.45) is 0 Å². The molecule has 0 fully saturated rings. The Bertz CT molecular complexity index is 2510. The average Bonchev–Trinajstić information content (AvgIpc) is 3.57. The van der Waals surface area contributed by atoms with Gasteiger partial charge in [0.15, 0.2) is 0 Å². The summed E-state index contributed by atoms with van der Waals surface area (Å²) in [7, 11) is 0. The minimum absolute atomic E-state index is 0.878. The molecule has 0 aliphatic carbocycles. The van der Waals surface area contributed by atoms with Gasteiger partial charge >= 0.3 is 0 Å². The molecule has 0 N–H and O–H groups in total. The van der Waals surface area contributed by atoms with E-state index in [1.165, 1.54) is 37.9 Å². The van der Waals surface area contributed by atoms with Gasteiger partial charge in [-0.3, -0.25) is 0 Å². The number of fused-ring (bicyclic) bond motifs is 5. The van der Waals surface area contributed by atoms with Crippen LogP contribution >= 0.6 is 0 Å². The van der Waals surface area contributed by atoms with E-state index in [0.717, 1.165) is 44.9 Å². The number of anilines is 3. The Balaban J connectivity index is 1.20. The Morgan fingerprint density at radius 2 is 1.07 bits per heavy atom. The molecule has 0 atom stereocenters. The topological polar surface area (TPSA) is 16.4 Å². The lowest BCUT2D eigenvalue weighted by molar-refractivity contribution is 0.631. The van der Waals surface area contributed by atoms with Crippen LogP contribution in [0.3, 0.4) is 0 Å². The predicted molar refractivity (Wildman–Crippen MR) is 194 cm³/mol. The molecule has 9 aromatic rings. The summed E-state index contributed by atoms with van der Waals surface area (Å²) in [5, 5.41) is 8.53. The zero-order valence-electron chi connectivity index (χ0n) is 25.1. The summed E-state index contributed by atoms with van der Waals surface area (Å²) >= 11 is 0. The van der Waals surface area contributed by atoms with Crippen molar-refractivity contribution in [2.75, 3.05) is 4.90 Å². The van der Waals surface area contributed by atoms with Gasteiger partial charge in [0.1, 0.15) is 11.3 Å². The van der Waals surface area contributed by atoms with Crippen LogP contribution < -0.4 is 4.90 Å². The molecule has 0 amide bonds. The van der Waals surface area contributed by atoms with Crippen LogP contribution in [0.4, 0.5) is 17.1 Å². The molecule has 0 radical (unpaired) electrons. The van der Waals surface area contributed by atoms with Crippen LogP contribution in [0.15, 0.2) is 180 Å². The van der Waals surface area contributed by atoms with E-state index in [4.69, 9.17) is 4.42 Å². The summed E-state index contributed by atoms with van der Waals surface area (Å²) < 4.78 is 6.23. The molecule has 216 valence electrons. The molecule has 1 aromatic heterocycles. The number of hydrogen-bond acceptors (Lipinski definition) is 2. The molecule has 2 heteroatoms. The van der Waals surface area contributed by atoms with Crippen molar-refractivity contribution in [1.29, 1.82) is 0 Å². The van der Waals surface area contributed by atoms with Crippen LogP contribution in [-0.4, -0.2) is 0 Å². The number of nitrogens with zero attached hydrogens (tertiary/aromatic N) is 1. The third kappa shape index (κ3) is 4.43. The van der Waals surface area contributed by atoms with Crippen molar-refractivity contribution < 1.29 is 4.42 Å². The number of para-hydroxylation sites is 2.